The summed E-state index contributed by atoms with van der Waals surface area (Å²) in [4.78, 5) is 29.7. The third-order valence-corrected chi connectivity index (χ3v) is 4.09. The number of aromatic nitrogens is 1. The summed E-state index contributed by atoms with van der Waals surface area (Å²) in [5, 5.41) is 0.810. The molecule has 21 heavy (non-hydrogen) atoms. The van der Waals surface area contributed by atoms with E-state index in [0.29, 0.717) is 4.90 Å². The third kappa shape index (κ3) is 3.85. The Bertz CT molecular complexity index is 749. The van der Waals surface area contributed by atoms with Gasteiger partial charge in [-0.3, -0.25) is 13.8 Å². The van der Waals surface area contributed by atoms with Crippen LogP contribution >= 0.6 is 0 Å². The Labute approximate surface area is 123 Å². The highest BCUT2D eigenvalue weighted by atomic mass is 32.2. The zero-order valence-electron chi connectivity index (χ0n) is 11.5. The van der Waals surface area contributed by atoms with Crippen LogP contribution in [-0.4, -0.2) is 32.5 Å². The molecule has 0 aliphatic carbocycles. The van der Waals surface area contributed by atoms with Crippen molar-refractivity contribution in [2.24, 2.45) is 10.7 Å². The van der Waals surface area contributed by atoms with Crippen molar-refractivity contribution < 1.29 is 13.8 Å². The number of para-hydroxylation sites is 1. The summed E-state index contributed by atoms with van der Waals surface area (Å²) in [6.45, 7) is 1.36. The molecule has 6 nitrogen and oxygen atoms in total. The molecule has 0 spiro atoms. The smallest absolute Gasteiger partial charge is 0.260 e. The van der Waals surface area contributed by atoms with Crippen LogP contribution in [0.3, 0.4) is 0 Å². The Morgan fingerprint density at radius 3 is 2.76 bits per heavy atom. The predicted octanol–water partition coefficient (Wildman–Crippen LogP) is 1.14. The molecule has 1 amide bonds. The van der Waals surface area contributed by atoms with Gasteiger partial charge in [-0.15, -0.1) is 0 Å². The topological polar surface area (TPSA) is 105 Å². The summed E-state index contributed by atoms with van der Waals surface area (Å²) in [6, 6.07) is 7.39. The number of carbonyl (C=O) groups is 2. The Kier molecular flexibility index (Phi) is 4.64. The van der Waals surface area contributed by atoms with E-state index in [4.69, 9.17) is 5.73 Å². The molecule has 2 aromatic rings. The minimum absolute atomic E-state index is 0.0524. The van der Waals surface area contributed by atoms with E-state index in [-0.39, 0.29) is 23.8 Å². The minimum atomic E-state index is -1.51. The van der Waals surface area contributed by atoms with Crippen molar-refractivity contribution in [2.45, 2.75) is 18.2 Å². The molecule has 0 aliphatic heterocycles. The van der Waals surface area contributed by atoms with E-state index in [0.717, 1.165) is 10.9 Å². The molecule has 7 heteroatoms. The summed E-state index contributed by atoms with van der Waals surface area (Å²) in [7, 11) is -1.51. The second-order valence-electron chi connectivity index (χ2n) is 4.56. The number of nitrogens with zero attached hydrogens (tertiary/aromatic N) is 1. The lowest BCUT2D eigenvalue weighted by atomic mass is 10.2. The number of hydrogen-bond acceptors (Lipinski definition) is 3. The average Bonchev–Trinajstić information content (AvgIpc) is 2.80. The van der Waals surface area contributed by atoms with Gasteiger partial charge in [0.2, 0.25) is 0 Å². The van der Waals surface area contributed by atoms with E-state index >= 15 is 0 Å². The lowest BCUT2D eigenvalue weighted by Gasteiger charge is -1.99. The van der Waals surface area contributed by atoms with Crippen LogP contribution in [0.4, 0.5) is 0 Å². The van der Waals surface area contributed by atoms with Gasteiger partial charge >= 0.3 is 0 Å². The molecule has 2 rings (SSSR count). The average molecular weight is 305 g/mol. The number of carbonyl (C=O) groups excluding carboxylic acids is 2. The Morgan fingerprint density at radius 2 is 2.05 bits per heavy atom. The lowest BCUT2D eigenvalue weighted by Crippen LogP contribution is -2.19. The maximum atomic E-state index is 12.2. The number of amidine groups is 1. The fraction of sp³-hybridized carbons (Fsp3) is 0.214. The van der Waals surface area contributed by atoms with Crippen LogP contribution in [0.1, 0.15) is 13.3 Å². The van der Waals surface area contributed by atoms with Gasteiger partial charge < -0.3 is 10.7 Å². The maximum absolute atomic E-state index is 12.2. The number of aromatic amines is 1. The lowest BCUT2D eigenvalue weighted by molar-refractivity contribution is -0.115. The normalized spacial score (nSPS) is 13.3. The van der Waals surface area contributed by atoms with E-state index in [1.165, 1.54) is 6.92 Å². The van der Waals surface area contributed by atoms with Crippen LogP contribution in [0.15, 0.2) is 40.4 Å². The molecule has 0 bridgehead atoms. The number of benzene rings is 1. The van der Waals surface area contributed by atoms with E-state index in [9.17, 15) is 13.8 Å². The molecule has 0 radical (unpaired) electrons. The quantitative estimate of drug-likeness (QED) is 0.638. The first-order valence-corrected chi connectivity index (χ1v) is 7.59. The van der Waals surface area contributed by atoms with Gasteiger partial charge in [-0.2, -0.15) is 4.99 Å². The van der Waals surface area contributed by atoms with Gasteiger partial charge in [-0.1, -0.05) is 18.2 Å². The van der Waals surface area contributed by atoms with Gasteiger partial charge in [0.1, 0.15) is 17.4 Å². The summed E-state index contributed by atoms with van der Waals surface area (Å²) in [5.74, 6) is -1.09. The number of rotatable bonds is 5. The number of Topliss-reactive ketones (excluding diaryl/α,β-unsaturated/α-hetero) is 1. The van der Waals surface area contributed by atoms with Crippen molar-refractivity contribution in [1.29, 1.82) is 0 Å². The van der Waals surface area contributed by atoms with Gasteiger partial charge in [0, 0.05) is 17.1 Å². The van der Waals surface area contributed by atoms with Crippen LogP contribution in [0, 0.1) is 0 Å². The number of aliphatic imine (C=N–C) groups is 1. The monoisotopic (exact) mass is 305 g/mol. The summed E-state index contributed by atoms with van der Waals surface area (Å²) < 4.78 is 12.2. The second kappa shape index (κ2) is 6.45. The van der Waals surface area contributed by atoms with Gasteiger partial charge in [-0.25, -0.2) is 0 Å². The summed E-state index contributed by atoms with van der Waals surface area (Å²) >= 11 is 0. The van der Waals surface area contributed by atoms with Crippen LogP contribution < -0.4 is 5.73 Å². The van der Waals surface area contributed by atoms with Crippen LogP contribution in [0.5, 0.6) is 0 Å². The molecule has 1 aromatic carbocycles. The van der Waals surface area contributed by atoms with Crippen molar-refractivity contribution in [1.82, 2.24) is 4.98 Å². The van der Waals surface area contributed by atoms with Gasteiger partial charge in [0.15, 0.2) is 0 Å². The molecule has 0 saturated carbocycles. The first kappa shape index (κ1) is 15.1. The molecule has 1 atom stereocenters. The number of hydrogen-bond donors (Lipinski definition) is 2. The SMILES string of the molecule is CC(=O)CC(N)=NC(=O)CS(=O)c1c[nH]c2ccccc12. The van der Waals surface area contributed by atoms with E-state index < -0.39 is 16.7 Å². The molecule has 1 aromatic heterocycles. The van der Waals surface area contributed by atoms with Crippen molar-refractivity contribution in [3.63, 3.8) is 0 Å². The van der Waals surface area contributed by atoms with Crippen molar-refractivity contribution >= 4 is 39.2 Å². The van der Waals surface area contributed by atoms with Crippen LogP contribution in [0.2, 0.25) is 0 Å². The zero-order valence-corrected chi connectivity index (χ0v) is 12.3. The number of fused-ring (bicyclic) bond motifs is 1. The highest BCUT2D eigenvalue weighted by molar-refractivity contribution is 7.86. The Balaban J connectivity index is 2.11. The largest absolute Gasteiger partial charge is 0.387 e. The highest BCUT2D eigenvalue weighted by Gasteiger charge is 2.14. The molecule has 1 unspecified atom stereocenters. The molecule has 1 heterocycles. The van der Waals surface area contributed by atoms with Crippen molar-refractivity contribution in [2.75, 3.05) is 5.75 Å². The molecular weight excluding hydrogens is 290 g/mol. The third-order valence-electron chi connectivity index (χ3n) is 2.75. The molecule has 0 saturated heterocycles. The highest BCUT2D eigenvalue weighted by Crippen LogP contribution is 2.21. The number of ketones is 1. The van der Waals surface area contributed by atoms with E-state index in [1.807, 2.05) is 24.3 Å². The second-order valence-corrected chi connectivity index (χ2v) is 5.98. The maximum Gasteiger partial charge on any atom is 0.260 e. The van der Waals surface area contributed by atoms with Gasteiger partial charge in [0.25, 0.3) is 5.91 Å². The standard InChI is InChI=1S/C14H15N3O3S/c1-9(18)6-13(15)17-14(19)8-21(20)12-7-16-11-5-3-2-4-10(11)12/h2-5,7,16H,6,8H2,1H3,(H2,15,17,19). The fourth-order valence-electron chi connectivity index (χ4n) is 1.91. The summed E-state index contributed by atoms with van der Waals surface area (Å²) in [5.41, 5.74) is 6.32. The number of amides is 1. The molecular formula is C14H15N3O3S. The number of nitrogens with two attached hydrogens (primary N) is 1. The number of H-pyrrole nitrogens is 1. The minimum Gasteiger partial charge on any atom is -0.387 e. The van der Waals surface area contributed by atoms with Crippen molar-refractivity contribution in [3.05, 3.63) is 30.5 Å². The first-order valence-electron chi connectivity index (χ1n) is 6.27. The van der Waals surface area contributed by atoms with Gasteiger partial charge in [0.05, 0.1) is 22.1 Å². The van der Waals surface area contributed by atoms with Crippen LogP contribution in [-0.2, 0) is 20.4 Å². The van der Waals surface area contributed by atoms with Gasteiger partial charge in [-0.05, 0) is 13.0 Å². The first-order chi connectivity index (χ1) is 9.97. The zero-order chi connectivity index (χ0) is 15.4. The predicted molar refractivity (Wildman–Crippen MR) is 81.5 cm³/mol. The van der Waals surface area contributed by atoms with Crippen molar-refractivity contribution in [3.8, 4) is 0 Å². The molecule has 0 aliphatic rings. The van der Waals surface area contributed by atoms with Crippen LogP contribution in [0.25, 0.3) is 10.9 Å². The molecule has 110 valence electrons. The molecule has 0 fully saturated rings. The Morgan fingerprint density at radius 1 is 1.33 bits per heavy atom. The number of nitrogens with one attached hydrogen (secondary N) is 1. The Hall–Kier alpha value is -2.28. The van der Waals surface area contributed by atoms with E-state index in [2.05, 4.69) is 9.98 Å². The fourth-order valence-corrected chi connectivity index (χ4v) is 2.97. The van der Waals surface area contributed by atoms with E-state index in [1.54, 1.807) is 6.20 Å². The molecule has 3 N–H and O–H groups in total. The summed E-state index contributed by atoms with van der Waals surface area (Å²) in [6.07, 6.45) is 1.54.